The summed E-state index contributed by atoms with van der Waals surface area (Å²) in [7, 11) is 0. The molecule has 0 aromatic heterocycles. The number of hydrogen-bond acceptors (Lipinski definition) is 3. The quantitative estimate of drug-likeness (QED) is 0.138. The third-order valence-electron chi connectivity index (χ3n) is 5.75. The third kappa shape index (κ3) is 9.86. The smallest absolute Gasteiger partial charge is 0.325 e. The van der Waals surface area contributed by atoms with Crippen LogP contribution in [-0.4, -0.2) is 22.6 Å². The number of unbranched alkanes of at least 4 members (excludes halogenated alkanes) is 10. The van der Waals surface area contributed by atoms with Gasteiger partial charge in [-0.1, -0.05) is 104 Å². The first-order chi connectivity index (χ1) is 14.1. The first-order valence-corrected chi connectivity index (χ1v) is 11.7. The van der Waals surface area contributed by atoms with Crippen molar-refractivity contribution in [2.45, 2.75) is 111 Å². The molecule has 0 unspecified atom stereocenters. The van der Waals surface area contributed by atoms with Gasteiger partial charge in [-0.3, -0.25) is 14.4 Å². The summed E-state index contributed by atoms with van der Waals surface area (Å²) in [5, 5.41) is 9.74. The van der Waals surface area contributed by atoms with Gasteiger partial charge in [0.05, 0.1) is 0 Å². The fraction of sp³-hybridized carbons (Fsp3) is 0.731. The Morgan fingerprint density at radius 1 is 0.700 bits per heavy atom. The summed E-state index contributed by atoms with van der Waals surface area (Å²) in [6.45, 7) is 14.6. The number of aliphatic carboxylic acids is 1. The Balaban J connectivity index is 4.23. The van der Waals surface area contributed by atoms with Gasteiger partial charge in [-0.15, -0.1) is 0 Å². The minimum atomic E-state index is -2.06. The second-order valence-electron chi connectivity index (χ2n) is 9.25. The lowest BCUT2D eigenvalue weighted by molar-refractivity contribution is -0.158. The maximum atomic E-state index is 12.6. The molecule has 0 heterocycles. The molecule has 0 aliphatic rings. The van der Waals surface area contributed by atoms with Crippen LogP contribution in [0.15, 0.2) is 24.3 Å². The number of hydrogen-bond donors (Lipinski definition) is 1. The predicted molar refractivity (Wildman–Crippen MR) is 125 cm³/mol. The molecule has 0 radical (unpaired) electrons. The fourth-order valence-electron chi connectivity index (χ4n) is 3.89. The second-order valence-corrected chi connectivity index (χ2v) is 9.25. The first-order valence-electron chi connectivity index (χ1n) is 11.7. The zero-order valence-corrected chi connectivity index (χ0v) is 19.9. The van der Waals surface area contributed by atoms with E-state index in [1.165, 1.54) is 65.2 Å². The van der Waals surface area contributed by atoms with Gasteiger partial charge in [0, 0.05) is 0 Å². The van der Waals surface area contributed by atoms with Crippen molar-refractivity contribution in [3.05, 3.63) is 24.3 Å². The molecule has 30 heavy (non-hydrogen) atoms. The van der Waals surface area contributed by atoms with E-state index in [4.69, 9.17) is 0 Å². The van der Waals surface area contributed by atoms with E-state index in [0.717, 1.165) is 25.2 Å². The summed E-state index contributed by atoms with van der Waals surface area (Å²) in [5.74, 6) is -1.98. The van der Waals surface area contributed by atoms with E-state index in [1.807, 2.05) is 0 Å². The van der Waals surface area contributed by atoms with Gasteiger partial charge >= 0.3 is 5.97 Å². The first kappa shape index (κ1) is 28.3. The van der Waals surface area contributed by atoms with Crippen molar-refractivity contribution in [1.29, 1.82) is 0 Å². The lowest BCUT2D eigenvalue weighted by Crippen LogP contribution is -2.47. The molecular weight excluding hydrogens is 376 g/mol. The maximum absolute atomic E-state index is 12.6. The van der Waals surface area contributed by atoms with Gasteiger partial charge in [0.15, 0.2) is 17.0 Å². The molecule has 0 aliphatic carbocycles. The standard InChI is InChI=1S/C26H44O4/c1-20(2)18-16-14-12-10-8-7-9-11-13-15-17-19-26(25(29)30,23(27)21(3)4)24(28)22(5)6/h20H,3,5,7-19H2,1-2,4,6H3,(H,29,30). The molecule has 0 rings (SSSR count). The minimum absolute atomic E-state index is 0.0100. The molecule has 0 aliphatic heterocycles. The van der Waals surface area contributed by atoms with Gasteiger partial charge in [-0.2, -0.15) is 0 Å². The van der Waals surface area contributed by atoms with E-state index in [0.29, 0.717) is 6.42 Å². The Morgan fingerprint density at radius 3 is 1.33 bits per heavy atom. The molecule has 0 amide bonds. The SMILES string of the molecule is C=C(C)C(=O)C(CCCCCCCCCCCCCC(C)C)(C(=O)O)C(=O)C(=C)C. The highest BCUT2D eigenvalue weighted by Crippen LogP contribution is 2.33. The lowest BCUT2D eigenvalue weighted by atomic mass is 9.71. The summed E-state index contributed by atoms with van der Waals surface area (Å²) in [5.41, 5.74) is -1.87. The van der Waals surface area contributed by atoms with Crippen molar-refractivity contribution in [2.75, 3.05) is 0 Å². The molecule has 4 nitrogen and oxygen atoms in total. The lowest BCUT2D eigenvalue weighted by Gasteiger charge is -2.27. The summed E-state index contributed by atoms with van der Waals surface area (Å²) < 4.78 is 0. The van der Waals surface area contributed by atoms with E-state index in [1.54, 1.807) is 0 Å². The van der Waals surface area contributed by atoms with Crippen LogP contribution >= 0.6 is 0 Å². The highest BCUT2D eigenvalue weighted by molar-refractivity contribution is 6.29. The maximum Gasteiger partial charge on any atom is 0.325 e. The zero-order valence-electron chi connectivity index (χ0n) is 19.9. The molecule has 0 atom stereocenters. The molecule has 0 spiro atoms. The molecule has 1 N–H and O–H groups in total. The van der Waals surface area contributed by atoms with Crippen molar-refractivity contribution in [3.63, 3.8) is 0 Å². The molecule has 0 saturated carbocycles. The molecule has 0 aromatic carbocycles. The monoisotopic (exact) mass is 420 g/mol. The van der Waals surface area contributed by atoms with E-state index >= 15 is 0 Å². The average Bonchev–Trinajstić information content (AvgIpc) is 2.66. The van der Waals surface area contributed by atoms with Gasteiger partial charge in [-0.05, 0) is 37.3 Å². The molecule has 172 valence electrons. The summed E-state index contributed by atoms with van der Waals surface area (Å²) in [6, 6.07) is 0. The summed E-state index contributed by atoms with van der Waals surface area (Å²) >= 11 is 0. The topological polar surface area (TPSA) is 71.4 Å². The largest absolute Gasteiger partial charge is 0.480 e. The number of carboxylic acids is 1. The van der Waals surface area contributed by atoms with Crippen LogP contribution < -0.4 is 0 Å². The number of allylic oxidation sites excluding steroid dienone is 2. The summed E-state index contributed by atoms with van der Waals surface area (Å²) in [6.07, 6.45) is 13.8. The van der Waals surface area contributed by atoms with Crippen LogP contribution in [0.2, 0.25) is 0 Å². The van der Waals surface area contributed by atoms with Crippen molar-refractivity contribution in [1.82, 2.24) is 0 Å². The second kappa shape index (κ2) is 15.1. The van der Waals surface area contributed by atoms with Gasteiger partial charge in [0.25, 0.3) is 0 Å². The van der Waals surface area contributed by atoms with E-state index in [9.17, 15) is 19.5 Å². The highest BCUT2D eigenvalue weighted by Gasteiger charge is 2.52. The summed E-state index contributed by atoms with van der Waals surface area (Å²) in [4.78, 5) is 37.1. The highest BCUT2D eigenvalue weighted by atomic mass is 16.4. The molecule has 0 bridgehead atoms. The Bertz CT molecular complexity index is 560. The molecule has 4 heteroatoms. The zero-order chi connectivity index (χ0) is 23.2. The van der Waals surface area contributed by atoms with Gasteiger partial charge in [0.2, 0.25) is 0 Å². The van der Waals surface area contributed by atoms with Gasteiger partial charge < -0.3 is 5.11 Å². The van der Waals surface area contributed by atoms with Crippen LogP contribution in [0.1, 0.15) is 111 Å². The number of rotatable bonds is 19. The number of carbonyl (C=O) groups is 3. The van der Waals surface area contributed by atoms with Gasteiger partial charge in [0.1, 0.15) is 0 Å². The Hall–Kier alpha value is -1.71. The van der Waals surface area contributed by atoms with Crippen molar-refractivity contribution < 1.29 is 19.5 Å². The van der Waals surface area contributed by atoms with E-state index in [2.05, 4.69) is 27.0 Å². The molecule has 0 fully saturated rings. The van der Waals surface area contributed by atoms with E-state index < -0.39 is 23.0 Å². The van der Waals surface area contributed by atoms with Crippen LogP contribution in [0, 0.1) is 11.3 Å². The van der Waals surface area contributed by atoms with Crippen LogP contribution in [0.4, 0.5) is 0 Å². The van der Waals surface area contributed by atoms with Crippen LogP contribution in [0.3, 0.4) is 0 Å². The molecule has 0 saturated heterocycles. The van der Waals surface area contributed by atoms with Gasteiger partial charge in [-0.25, -0.2) is 0 Å². The van der Waals surface area contributed by atoms with E-state index in [-0.39, 0.29) is 17.6 Å². The van der Waals surface area contributed by atoms with Crippen LogP contribution in [-0.2, 0) is 14.4 Å². The number of ketones is 2. The number of Topliss-reactive ketones (excluding diaryl/α,β-unsaturated/α-hetero) is 2. The Morgan fingerprint density at radius 2 is 1.03 bits per heavy atom. The fourth-order valence-corrected chi connectivity index (χ4v) is 3.89. The Labute approximate surface area is 184 Å². The molecule has 0 aromatic rings. The number of carboxylic acid groups (broad SMARTS) is 1. The van der Waals surface area contributed by atoms with Crippen molar-refractivity contribution in [3.8, 4) is 0 Å². The predicted octanol–water partition coefficient (Wildman–Crippen LogP) is 7.08. The minimum Gasteiger partial charge on any atom is -0.480 e. The van der Waals surface area contributed by atoms with Crippen LogP contribution in [0.5, 0.6) is 0 Å². The molecular formula is C26H44O4. The van der Waals surface area contributed by atoms with Crippen molar-refractivity contribution >= 4 is 17.5 Å². The number of carbonyl (C=O) groups excluding carboxylic acids is 2. The third-order valence-corrected chi connectivity index (χ3v) is 5.75. The average molecular weight is 421 g/mol. The van der Waals surface area contributed by atoms with Crippen LogP contribution in [0.25, 0.3) is 0 Å². The Kier molecular flexibility index (Phi) is 14.3. The normalized spacial score (nSPS) is 11.5. The van der Waals surface area contributed by atoms with Crippen molar-refractivity contribution in [2.24, 2.45) is 11.3 Å².